The second kappa shape index (κ2) is 8.79. The maximum Gasteiger partial charge on any atom is 0.266 e. The van der Waals surface area contributed by atoms with Crippen molar-refractivity contribution in [3.05, 3.63) is 40.9 Å². The summed E-state index contributed by atoms with van der Waals surface area (Å²) in [5.41, 5.74) is 0.711. The predicted molar refractivity (Wildman–Crippen MR) is 105 cm³/mol. The van der Waals surface area contributed by atoms with E-state index in [-0.39, 0.29) is 13.0 Å². The summed E-state index contributed by atoms with van der Waals surface area (Å²) in [6.07, 6.45) is 4.06. The van der Waals surface area contributed by atoms with E-state index in [0.717, 1.165) is 5.82 Å². The molecule has 0 spiro atoms. The summed E-state index contributed by atoms with van der Waals surface area (Å²) in [6, 6.07) is 5.28. The highest BCUT2D eigenvalue weighted by atomic mass is 79.9. The number of imidazole rings is 1. The van der Waals surface area contributed by atoms with Gasteiger partial charge < -0.3 is 14.2 Å². The first-order valence-electron chi connectivity index (χ1n) is 8.69. The van der Waals surface area contributed by atoms with Crippen molar-refractivity contribution < 1.29 is 17.7 Å². The van der Waals surface area contributed by atoms with Crippen molar-refractivity contribution in [3.8, 4) is 0 Å². The van der Waals surface area contributed by atoms with Crippen molar-refractivity contribution in [1.29, 1.82) is 0 Å². The van der Waals surface area contributed by atoms with E-state index in [1.165, 1.54) is 0 Å². The monoisotopic (exact) mass is 461 g/mol. The maximum atomic E-state index is 13.4. The Morgan fingerprint density at radius 2 is 2.22 bits per heavy atom. The second-order valence-electron chi connectivity index (χ2n) is 6.47. The minimum absolute atomic E-state index is 0.136. The molecule has 0 bridgehead atoms. The zero-order valence-electron chi connectivity index (χ0n) is 15.0. The number of rotatable bonds is 8. The van der Waals surface area contributed by atoms with Crippen LogP contribution in [-0.2, 0) is 28.5 Å². The van der Waals surface area contributed by atoms with Gasteiger partial charge in [0.25, 0.3) is 5.92 Å². The Kier molecular flexibility index (Phi) is 6.65. The third-order valence-corrected chi connectivity index (χ3v) is 6.53. The topological polar surface area (TPSA) is 47.4 Å². The second-order valence-corrected chi connectivity index (χ2v) is 8.90. The molecule has 3 rings (SSSR count). The van der Waals surface area contributed by atoms with Gasteiger partial charge in [-0.1, -0.05) is 0 Å². The number of halogens is 3. The van der Waals surface area contributed by atoms with Crippen molar-refractivity contribution in [1.82, 2.24) is 9.55 Å². The molecule has 1 aliphatic rings. The zero-order chi connectivity index (χ0) is 19.4. The Labute approximate surface area is 168 Å². The minimum Gasteiger partial charge on any atom is -0.383 e. The van der Waals surface area contributed by atoms with Gasteiger partial charge in [0.2, 0.25) is 0 Å². The third-order valence-electron chi connectivity index (χ3n) is 4.54. The van der Waals surface area contributed by atoms with Crippen LogP contribution < -0.4 is 4.90 Å². The molecule has 0 radical (unpaired) electrons. The van der Waals surface area contributed by atoms with E-state index >= 15 is 0 Å². The highest BCUT2D eigenvalue weighted by Crippen LogP contribution is 2.35. The standard InChI is InChI=1S/C18H22BrF2N3O2S/c1-26-10-9-23-8-6-22-17(23)4-11-27(25)14-2-3-16(15(19)12-14)24-7-5-18(20,21)13-24/h2-3,6,8,12H,4-5,7,9-11,13H2,1H3. The van der Waals surface area contributed by atoms with E-state index < -0.39 is 16.7 Å². The average Bonchev–Trinajstić information content (AvgIpc) is 3.23. The Morgan fingerprint density at radius 1 is 1.41 bits per heavy atom. The molecule has 1 aromatic carbocycles. The summed E-state index contributed by atoms with van der Waals surface area (Å²) in [4.78, 5) is 6.65. The van der Waals surface area contributed by atoms with E-state index in [4.69, 9.17) is 4.74 Å². The molecule has 0 amide bonds. The summed E-state index contributed by atoms with van der Waals surface area (Å²) in [6.45, 7) is 1.34. The number of aromatic nitrogens is 2. The first-order chi connectivity index (χ1) is 12.9. The number of methoxy groups -OCH3 is 1. The van der Waals surface area contributed by atoms with Gasteiger partial charge in [-0.15, -0.1) is 0 Å². The number of alkyl halides is 2. The fourth-order valence-electron chi connectivity index (χ4n) is 3.09. The van der Waals surface area contributed by atoms with Crippen LogP contribution >= 0.6 is 15.9 Å². The van der Waals surface area contributed by atoms with E-state index in [0.29, 0.717) is 46.9 Å². The number of aryl methyl sites for hydroxylation is 1. The molecule has 2 heterocycles. The van der Waals surface area contributed by atoms with Gasteiger partial charge in [0.15, 0.2) is 0 Å². The third kappa shape index (κ3) is 5.14. The predicted octanol–water partition coefficient (Wildman–Crippen LogP) is 3.49. The molecule has 9 heteroatoms. The van der Waals surface area contributed by atoms with Gasteiger partial charge in [-0.3, -0.25) is 4.21 Å². The summed E-state index contributed by atoms with van der Waals surface area (Å²) in [5, 5.41) is 0. The Bertz CT molecular complexity index is 816. The lowest BCUT2D eigenvalue weighted by Gasteiger charge is -2.20. The molecule has 0 N–H and O–H groups in total. The lowest BCUT2D eigenvalue weighted by atomic mass is 10.3. The Balaban J connectivity index is 1.62. The number of benzene rings is 1. The van der Waals surface area contributed by atoms with E-state index in [9.17, 15) is 13.0 Å². The first-order valence-corrected chi connectivity index (χ1v) is 10.8. The number of nitrogens with zero attached hydrogens (tertiary/aromatic N) is 3. The highest BCUT2D eigenvalue weighted by Gasteiger charge is 2.38. The molecule has 0 saturated carbocycles. The smallest absolute Gasteiger partial charge is 0.266 e. The van der Waals surface area contributed by atoms with Gasteiger partial charge in [-0.05, 0) is 34.1 Å². The SMILES string of the molecule is COCCn1ccnc1CCS(=O)c1ccc(N2CCC(F)(F)C2)c(Br)c1. The number of hydrogen-bond acceptors (Lipinski definition) is 4. The fourth-order valence-corrected chi connectivity index (χ4v) is 4.94. The van der Waals surface area contributed by atoms with E-state index in [1.54, 1.807) is 36.4 Å². The summed E-state index contributed by atoms with van der Waals surface area (Å²) < 4.78 is 47.3. The van der Waals surface area contributed by atoms with Crippen molar-refractivity contribution in [2.75, 3.05) is 37.5 Å². The average molecular weight is 462 g/mol. The molecule has 148 valence electrons. The number of anilines is 1. The summed E-state index contributed by atoms with van der Waals surface area (Å²) in [7, 11) is 0.451. The molecule has 1 aromatic heterocycles. The van der Waals surface area contributed by atoms with Crippen LogP contribution in [0.1, 0.15) is 12.2 Å². The van der Waals surface area contributed by atoms with Gasteiger partial charge in [-0.2, -0.15) is 0 Å². The van der Waals surface area contributed by atoms with Crippen LogP contribution in [0.2, 0.25) is 0 Å². The lowest BCUT2D eigenvalue weighted by molar-refractivity contribution is 0.0257. The van der Waals surface area contributed by atoms with Crippen molar-refractivity contribution in [3.63, 3.8) is 0 Å². The molecule has 1 aliphatic heterocycles. The van der Waals surface area contributed by atoms with Crippen molar-refractivity contribution in [2.24, 2.45) is 0 Å². The summed E-state index contributed by atoms with van der Waals surface area (Å²) in [5.74, 6) is -1.33. The fraction of sp³-hybridized carbons (Fsp3) is 0.500. The molecular formula is C18H22BrF2N3O2S. The van der Waals surface area contributed by atoms with Crippen LogP contribution in [0.25, 0.3) is 0 Å². The molecule has 1 fully saturated rings. The normalized spacial score (nSPS) is 17.4. The van der Waals surface area contributed by atoms with Gasteiger partial charge >= 0.3 is 0 Å². The van der Waals surface area contributed by atoms with Crippen LogP contribution in [0.3, 0.4) is 0 Å². The van der Waals surface area contributed by atoms with Crippen LogP contribution in [0.15, 0.2) is 40.0 Å². The lowest BCUT2D eigenvalue weighted by Crippen LogP contribution is -2.25. The molecule has 2 aromatic rings. The van der Waals surface area contributed by atoms with Gasteiger partial charge in [-0.25, -0.2) is 13.8 Å². The van der Waals surface area contributed by atoms with Crippen LogP contribution in [-0.4, -0.2) is 52.2 Å². The highest BCUT2D eigenvalue weighted by molar-refractivity contribution is 9.10. The zero-order valence-corrected chi connectivity index (χ0v) is 17.4. The molecule has 1 saturated heterocycles. The quantitative estimate of drug-likeness (QED) is 0.603. The van der Waals surface area contributed by atoms with Gasteiger partial charge in [0.1, 0.15) is 5.82 Å². The number of ether oxygens (including phenoxy) is 1. The largest absolute Gasteiger partial charge is 0.383 e. The molecule has 1 unspecified atom stereocenters. The molecule has 27 heavy (non-hydrogen) atoms. The van der Waals surface area contributed by atoms with Crippen molar-refractivity contribution in [2.45, 2.75) is 30.2 Å². The van der Waals surface area contributed by atoms with E-state index in [1.807, 2.05) is 10.8 Å². The van der Waals surface area contributed by atoms with Gasteiger partial charge in [0, 0.05) is 60.6 Å². The molecular weight excluding hydrogens is 440 g/mol. The summed E-state index contributed by atoms with van der Waals surface area (Å²) >= 11 is 3.44. The van der Waals surface area contributed by atoms with Gasteiger partial charge in [0.05, 0.1) is 29.6 Å². The molecule has 5 nitrogen and oxygen atoms in total. The van der Waals surface area contributed by atoms with Crippen molar-refractivity contribution >= 4 is 32.4 Å². The molecule has 1 atom stereocenters. The Morgan fingerprint density at radius 3 is 2.89 bits per heavy atom. The number of hydrogen-bond donors (Lipinski definition) is 0. The van der Waals surface area contributed by atoms with Crippen LogP contribution in [0, 0.1) is 0 Å². The maximum absolute atomic E-state index is 13.4. The first kappa shape index (κ1) is 20.4. The van der Waals surface area contributed by atoms with Crippen LogP contribution in [0.4, 0.5) is 14.5 Å². The molecule has 0 aliphatic carbocycles. The van der Waals surface area contributed by atoms with Crippen LogP contribution in [0.5, 0.6) is 0 Å². The minimum atomic E-state index is -2.65. The van der Waals surface area contributed by atoms with E-state index in [2.05, 4.69) is 20.9 Å². The Hall–Kier alpha value is -1.32.